The normalized spacial score (nSPS) is 13.1. The summed E-state index contributed by atoms with van der Waals surface area (Å²) in [6.07, 6.45) is 4.06. The van der Waals surface area contributed by atoms with Crippen molar-refractivity contribution >= 4 is 12.0 Å². The molecule has 3 rings (SSSR count). The van der Waals surface area contributed by atoms with Gasteiger partial charge in [0.05, 0.1) is 12.8 Å². The molecule has 1 aromatic heterocycles. The summed E-state index contributed by atoms with van der Waals surface area (Å²) in [6.45, 7) is 0. The summed E-state index contributed by atoms with van der Waals surface area (Å²) in [5.74, 6) is -0.709. The number of methoxy groups -OCH3 is 1. The molecule has 4 heteroatoms. The van der Waals surface area contributed by atoms with Gasteiger partial charge in [0.1, 0.15) is 5.82 Å². The maximum atomic E-state index is 13.4. The number of carbonyl (C=O) groups excluding carboxylic acids is 1. The van der Waals surface area contributed by atoms with Crippen LogP contribution in [0.5, 0.6) is 0 Å². The Balaban J connectivity index is 2.24. The van der Waals surface area contributed by atoms with E-state index in [9.17, 15) is 9.18 Å². The lowest BCUT2D eigenvalue weighted by Gasteiger charge is -2.08. The molecule has 0 spiro atoms. The SMILES string of the molecule is COC(=O)C1=Cc2cc(F)ccc2-n2cccc2C1. The van der Waals surface area contributed by atoms with E-state index < -0.39 is 0 Å². The number of rotatable bonds is 1. The van der Waals surface area contributed by atoms with Crippen LogP contribution in [-0.2, 0) is 16.0 Å². The van der Waals surface area contributed by atoms with E-state index in [0.717, 1.165) is 11.4 Å². The number of carbonyl (C=O) groups is 1. The Hall–Kier alpha value is -2.36. The molecule has 0 unspecified atom stereocenters. The molecule has 0 saturated carbocycles. The Bertz CT molecular complexity index is 685. The van der Waals surface area contributed by atoms with Crippen molar-refractivity contribution in [3.05, 3.63) is 59.2 Å². The van der Waals surface area contributed by atoms with Crippen LogP contribution < -0.4 is 0 Å². The maximum Gasteiger partial charge on any atom is 0.334 e. The standard InChI is InChI=1S/C15H12FNO2/c1-19-15(18)11-7-10-8-12(16)4-5-14(10)17-6-2-3-13(17)9-11/h2-8H,9H2,1H3. The summed E-state index contributed by atoms with van der Waals surface area (Å²) in [4.78, 5) is 11.8. The Kier molecular flexibility index (Phi) is 2.71. The van der Waals surface area contributed by atoms with Crippen molar-refractivity contribution in [2.75, 3.05) is 7.11 Å². The predicted octanol–water partition coefficient (Wildman–Crippen LogP) is 2.73. The van der Waals surface area contributed by atoms with E-state index in [1.807, 2.05) is 22.9 Å². The van der Waals surface area contributed by atoms with Crippen molar-refractivity contribution < 1.29 is 13.9 Å². The summed E-state index contributed by atoms with van der Waals surface area (Å²) in [5, 5.41) is 0. The average molecular weight is 257 g/mol. The van der Waals surface area contributed by atoms with Gasteiger partial charge in [-0.2, -0.15) is 0 Å². The summed E-state index contributed by atoms with van der Waals surface area (Å²) < 4.78 is 20.1. The average Bonchev–Trinajstić information content (AvgIpc) is 2.80. The number of hydrogen-bond acceptors (Lipinski definition) is 2. The van der Waals surface area contributed by atoms with Crippen molar-refractivity contribution in [1.29, 1.82) is 0 Å². The summed E-state index contributed by atoms with van der Waals surface area (Å²) in [6, 6.07) is 8.40. The van der Waals surface area contributed by atoms with E-state index in [1.165, 1.54) is 19.2 Å². The van der Waals surface area contributed by atoms with E-state index in [2.05, 4.69) is 0 Å². The fourth-order valence-electron chi connectivity index (χ4n) is 2.35. The van der Waals surface area contributed by atoms with Gasteiger partial charge in [-0.1, -0.05) is 0 Å². The van der Waals surface area contributed by atoms with Crippen molar-refractivity contribution in [2.24, 2.45) is 0 Å². The molecule has 96 valence electrons. The van der Waals surface area contributed by atoms with Crippen LogP contribution in [0.1, 0.15) is 11.3 Å². The monoisotopic (exact) mass is 257 g/mol. The second-order valence-corrected chi connectivity index (χ2v) is 4.41. The molecule has 0 bridgehead atoms. The quantitative estimate of drug-likeness (QED) is 0.735. The van der Waals surface area contributed by atoms with Crippen LogP contribution in [-0.4, -0.2) is 17.6 Å². The van der Waals surface area contributed by atoms with E-state index in [0.29, 0.717) is 17.6 Å². The number of halogens is 1. The van der Waals surface area contributed by atoms with Crippen LogP contribution >= 0.6 is 0 Å². The fraction of sp³-hybridized carbons (Fsp3) is 0.133. The van der Waals surface area contributed by atoms with Gasteiger partial charge in [0.25, 0.3) is 0 Å². The highest BCUT2D eigenvalue weighted by Crippen LogP contribution is 2.27. The molecule has 0 atom stereocenters. The van der Waals surface area contributed by atoms with E-state index in [-0.39, 0.29) is 11.8 Å². The topological polar surface area (TPSA) is 31.2 Å². The molecule has 1 aliphatic rings. The minimum absolute atomic E-state index is 0.324. The molecular formula is C15H12FNO2. The Morgan fingerprint density at radius 1 is 1.37 bits per heavy atom. The molecule has 3 nitrogen and oxygen atoms in total. The zero-order valence-corrected chi connectivity index (χ0v) is 10.4. The summed E-state index contributed by atoms with van der Waals surface area (Å²) in [5.41, 5.74) is 3.03. The molecular weight excluding hydrogens is 245 g/mol. The molecule has 0 radical (unpaired) electrons. The van der Waals surface area contributed by atoms with Gasteiger partial charge in [-0.15, -0.1) is 0 Å². The third-order valence-electron chi connectivity index (χ3n) is 3.23. The number of hydrogen-bond donors (Lipinski definition) is 0. The smallest absolute Gasteiger partial charge is 0.334 e. The Labute approximate surface area is 109 Å². The predicted molar refractivity (Wildman–Crippen MR) is 69.4 cm³/mol. The lowest BCUT2D eigenvalue weighted by Crippen LogP contribution is -2.07. The molecule has 0 fully saturated rings. The second-order valence-electron chi connectivity index (χ2n) is 4.41. The van der Waals surface area contributed by atoms with Gasteiger partial charge in [0.2, 0.25) is 0 Å². The minimum Gasteiger partial charge on any atom is -0.466 e. The molecule has 0 N–H and O–H groups in total. The van der Waals surface area contributed by atoms with E-state index in [1.54, 1.807) is 12.1 Å². The zero-order chi connectivity index (χ0) is 13.4. The highest BCUT2D eigenvalue weighted by molar-refractivity contribution is 5.95. The molecule has 0 aliphatic carbocycles. The van der Waals surface area contributed by atoms with Crippen LogP contribution in [0, 0.1) is 5.82 Å². The van der Waals surface area contributed by atoms with Gasteiger partial charge in [0.15, 0.2) is 0 Å². The number of ether oxygens (including phenoxy) is 1. The van der Waals surface area contributed by atoms with Crippen LogP contribution in [0.2, 0.25) is 0 Å². The van der Waals surface area contributed by atoms with Crippen LogP contribution in [0.4, 0.5) is 4.39 Å². The first-order valence-corrected chi connectivity index (χ1v) is 5.94. The van der Waals surface area contributed by atoms with Gasteiger partial charge < -0.3 is 9.30 Å². The number of benzene rings is 1. The van der Waals surface area contributed by atoms with Crippen molar-refractivity contribution in [1.82, 2.24) is 4.57 Å². The third kappa shape index (κ3) is 1.95. The Morgan fingerprint density at radius 3 is 3.00 bits per heavy atom. The molecule has 2 aromatic rings. The molecule has 19 heavy (non-hydrogen) atoms. The number of aromatic nitrogens is 1. The molecule has 2 heterocycles. The molecule has 0 amide bonds. The Morgan fingerprint density at radius 2 is 2.21 bits per heavy atom. The zero-order valence-electron chi connectivity index (χ0n) is 10.4. The number of nitrogens with zero attached hydrogens (tertiary/aromatic N) is 1. The first-order valence-electron chi connectivity index (χ1n) is 5.94. The van der Waals surface area contributed by atoms with Crippen LogP contribution in [0.15, 0.2) is 42.1 Å². The lowest BCUT2D eigenvalue weighted by atomic mass is 10.1. The fourth-order valence-corrected chi connectivity index (χ4v) is 2.35. The van der Waals surface area contributed by atoms with Gasteiger partial charge in [-0.05, 0) is 36.4 Å². The second kappa shape index (κ2) is 4.39. The highest BCUT2D eigenvalue weighted by atomic mass is 19.1. The minimum atomic E-state index is -0.384. The van der Waals surface area contributed by atoms with Gasteiger partial charge >= 0.3 is 5.97 Å². The third-order valence-corrected chi connectivity index (χ3v) is 3.23. The number of fused-ring (bicyclic) bond motifs is 3. The molecule has 1 aliphatic heterocycles. The van der Waals surface area contributed by atoms with E-state index >= 15 is 0 Å². The maximum absolute atomic E-state index is 13.4. The van der Waals surface area contributed by atoms with Gasteiger partial charge in [-0.3, -0.25) is 0 Å². The largest absolute Gasteiger partial charge is 0.466 e. The van der Waals surface area contributed by atoms with Crippen molar-refractivity contribution in [3.63, 3.8) is 0 Å². The lowest BCUT2D eigenvalue weighted by molar-refractivity contribution is -0.136. The summed E-state index contributed by atoms with van der Waals surface area (Å²) >= 11 is 0. The number of esters is 1. The first-order chi connectivity index (χ1) is 9.19. The molecule has 1 aromatic carbocycles. The summed E-state index contributed by atoms with van der Waals surface area (Å²) in [7, 11) is 1.35. The van der Waals surface area contributed by atoms with Gasteiger partial charge in [0, 0.05) is 29.4 Å². The van der Waals surface area contributed by atoms with Crippen LogP contribution in [0.25, 0.3) is 11.8 Å². The highest BCUT2D eigenvalue weighted by Gasteiger charge is 2.19. The van der Waals surface area contributed by atoms with Crippen molar-refractivity contribution in [2.45, 2.75) is 6.42 Å². The van der Waals surface area contributed by atoms with Gasteiger partial charge in [-0.25, -0.2) is 9.18 Å². The van der Waals surface area contributed by atoms with Crippen LogP contribution in [0.3, 0.4) is 0 Å². The van der Waals surface area contributed by atoms with E-state index in [4.69, 9.17) is 4.74 Å². The van der Waals surface area contributed by atoms with Crippen molar-refractivity contribution in [3.8, 4) is 5.69 Å². The first kappa shape index (κ1) is 11.7. The molecule has 0 saturated heterocycles.